The first-order valence-electron chi connectivity index (χ1n) is 6.81. The number of carbonyl (C=O) groups is 2. The van der Waals surface area contributed by atoms with Crippen molar-refractivity contribution in [1.29, 1.82) is 0 Å². The van der Waals surface area contributed by atoms with E-state index in [1.54, 1.807) is 13.0 Å². The molecule has 0 radical (unpaired) electrons. The molecule has 1 N–H and O–H groups in total. The average molecular weight is 354 g/mol. The van der Waals surface area contributed by atoms with E-state index in [0.29, 0.717) is 12.5 Å². The van der Waals surface area contributed by atoms with Crippen LogP contribution in [0.4, 0.5) is 0 Å². The predicted molar refractivity (Wildman–Crippen MR) is 86.6 cm³/mol. The molecule has 0 aliphatic carbocycles. The van der Waals surface area contributed by atoms with Crippen molar-refractivity contribution in [3.05, 3.63) is 40.4 Å². The molecule has 114 valence electrons. The largest absolute Gasteiger partial charge is 0.449 e. The first-order chi connectivity index (χ1) is 9.90. The number of carbonyl (C=O) groups excluding carboxylic acids is 2. The van der Waals surface area contributed by atoms with E-state index in [0.717, 1.165) is 10.0 Å². The van der Waals surface area contributed by atoms with Crippen molar-refractivity contribution in [2.24, 2.45) is 5.92 Å². The molecule has 0 saturated carbocycles. The van der Waals surface area contributed by atoms with E-state index in [9.17, 15) is 9.59 Å². The number of hydrogen-bond donors (Lipinski definition) is 1. The van der Waals surface area contributed by atoms with E-state index in [1.807, 2.05) is 38.1 Å². The van der Waals surface area contributed by atoms with Crippen LogP contribution in [-0.4, -0.2) is 24.5 Å². The molecule has 1 amide bonds. The number of halogens is 1. The summed E-state index contributed by atoms with van der Waals surface area (Å²) in [5.74, 6) is -0.475. The molecule has 0 spiro atoms. The fourth-order valence-corrected chi connectivity index (χ4v) is 1.90. The third kappa shape index (κ3) is 6.58. The highest BCUT2D eigenvalue weighted by Gasteiger charge is 2.16. The van der Waals surface area contributed by atoms with Crippen molar-refractivity contribution in [3.8, 4) is 0 Å². The fraction of sp³-hybridized carbons (Fsp3) is 0.375. The van der Waals surface area contributed by atoms with E-state index in [-0.39, 0.29) is 5.91 Å². The summed E-state index contributed by atoms with van der Waals surface area (Å²) in [5.41, 5.74) is 0.867. The lowest BCUT2D eigenvalue weighted by atomic mass is 10.2. The van der Waals surface area contributed by atoms with Crippen LogP contribution in [0.3, 0.4) is 0 Å². The molecule has 5 heteroatoms. The van der Waals surface area contributed by atoms with Crippen LogP contribution >= 0.6 is 15.9 Å². The molecule has 0 fully saturated rings. The Bertz CT molecular complexity index is 526. The number of esters is 1. The van der Waals surface area contributed by atoms with Gasteiger partial charge in [0.25, 0.3) is 5.91 Å². The van der Waals surface area contributed by atoms with Gasteiger partial charge in [-0.05, 0) is 30.5 Å². The zero-order chi connectivity index (χ0) is 15.8. The SMILES string of the molecule is CC(C)CNC(=O)[C@@H](C)OC(=O)/C=C/c1ccccc1Br. The van der Waals surface area contributed by atoms with Gasteiger partial charge in [0.2, 0.25) is 0 Å². The molecule has 0 saturated heterocycles. The Morgan fingerprint density at radius 3 is 2.57 bits per heavy atom. The molecule has 0 heterocycles. The predicted octanol–water partition coefficient (Wildman–Crippen LogP) is 3.17. The second kappa shape index (κ2) is 8.62. The van der Waals surface area contributed by atoms with Gasteiger partial charge in [-0.2, -0.15) is 0 Å². The topological polar surface area (TPSA) is 55.4 Å². The third-order valence-corrected chi connectivity index (χ3v) is 3.37. The van der Waals surface area contributed by atoms with Crippen molar-refractivity contribution in [2.45, 2.75) is 26.9 Å². The van der Waals surface area contributed by atoms with E-state index in [1.165, 1.54) is 6.08 Å². The van der Waals surface area contributed by atoms with Gasteiger partial charge in [-0.15, -0.1) is 0 Å². The van der Waals surface area contributed by atoms with Gasteiger partial charge in [-0.1, -0.05) is 48.0 Å². The highest BCUT2D eigenvalue weighted by molar-refractivity contribution is 9.10. The van der Waals surface area contributed by atoms with Gasteiger partial charge in [0.15, 0.2) is 6.10 Å². The van der Waals surface area contributed by atoms with Crippen LogP contribution in [0.2, 0.25) is 0 Å². The molecule has 1 aromatic carbocycles. The molecule has 21 heavy (non-hydrogen) atoms. The zero-order valence-corrected chi connectivity index (χ0v) is 14.0. The van der Waals surface area contributed by atoms with Crippen LogP contribution in [0.5, 0.6) is 0 Å². The van der Waals surface area contributed by atoms with Crippen molar-refractivity contribution in [1.82, 2.24) is 5.32 Å². The quantitative estimate of drug-likeness (QED) is 0.631. The number of amides is 1. The molecule has 1 aromatic rings. The standard InChI is InChI=1S/C16H20BrNO3/c1-11(2)10-18-16(20)12(3)21-15(19)9-8-13-6-4-5-7-14(13)17/h4-9,11-12H,10H2,1-3H3,(H,18,20)/b9-8+/t12-/m1/s1. The van der Waals surface area contributed by atoms with Gasteiger partial charge in [0.1, 0.15) is 0 Å². The Morgan fingerprint density at radius 2 is 1.95 bits per heavy atom. The minimum Gasteiger partial charge on any atom is -0.449 e. The summed E-state index contributed by atoms with van der Waals surface area (Å²) in [4.78, 5) is 23.4. The first-order valence-corrected chi connectivity index (χ1v) is 7.60. The Morgan fingerprint density at radius 1 is 1.29 bits per heavy atom. The molecule has 4 nitrogen and oxygen atoms in total. The number of rotatable bonds is 6. The normalized spacial score (nSPS) is 12.4. The van der Waals surface area contributed by atoms with Gasteiger partial charge in [-0.25, -0.2) is 4.79 Å². The summed E-state index contributed by atoms with van der Waals surface area (Å²) in [7, 11) is 0. The maximum atomic E-state index is 11.7. The summed E-state index contributed by atoms with van der Waals surface area (Å²) < 4.78 is 5.94. The van der Waals surface area contributed by atoms with Crippen LogP contribution in [0.1, 0.15) is 26.3 Å². The lowest BCUT2D eigenvalue weighted by Gasteiger charge is -2.13. The summed E-state index contributed by atoms with van der Waals surface area (Å²) in [5, 5.41) is 2.72. The maximum absolute atomic E-state index is 11.7. The van der Waals surface area contributed by atoms with E-state index < -0.39 is 12.1 Å². The summed E-state index contributed by atoms with van der Waals surface area (Å²) >= 11 is 3.39. The number of benzene rings is 1. The second-order valence-corrected chi connectivity index (χ2v) is 5.93. The molecular formula is C16H20BrNO3. The fourth-order valence-electron chi connectivity index (χ4n) is 1.48. The lowest BCUT2D eigenvalue weighted by molar-refractivity contribution is -0.150. The third-order valence-electron chi connectivity index (χ3n) is 2.65. The molecule has 1 rings (SSSR count). The second-order valence-electron chi connectivity index (χ2n) is 5.07. The van der Waals surface area contributed by atoms with Crippen LogP contribution in [0.25, 0.3) is 6.08 Å². The number of nitrogens with one attached hydrogen (secondary N) is 1. The summed E-state index contributed by atoms with van der Waals surface area (Å²) in [6.45, 7) is 6.11. The van der Waals surface area contributed by atoms with E-state index >= 15 is 0 Å². The van der Waals surface area contributed by atoms with Gasteiger partial charge >= 0.3 is 5.97 Å². The Balaban J connectivity index is 2.50. The molecule has 0 aliphatic rings. The highest BCUT2D eigenvalue weighted by atomic mass is 79.9. The summed E-state index contributed by atoms with van der Waals surface area (Å²) in [6, 6.07) is 7.51. The van der Waals surface area contributed by atoms with Gasteiger partial charge < -0.3 is 10.1 Å². The minimum atomic E-state index is -0.805. The minimum absolute atomic E-state index is 0.286. The van der Waals surface area contributed by atoms with E-state index in [2.05, 4.69) is 21.2 Å². The molecular weight excluding hydrogens is 334 g/mol. The first kappa shape index (κ1) is 17.4. The smallest absolute Gasteiger partial charge is 0.331 e. The highest BCUT2D eigenvalue weighted by Crippen LogP contribution is 2.17. The zero-order valence-electron chi connectivity index (χ0n) is 12.4. The Hall–Kier alpha value is -1.62. The molecule has 0 bridgehead atoms. The van der Waals surface area contributed by atoms with Crippen molar-refractivity contribution < 1.29 is 14.3 Å². The molecule has 0 aromatic heterocycles. The maximum Gasteiger partial charge on any atom is 0.331 e. The van der Waals surface area contributed by atoms with Crippen molar-refractivity contribution >= 4 is 33.9 Å². The van der Waals surface area contributed by atoms with Gasteiger partial charge in [-0.3, -0.25) is 4.79 Å². The number of ether oxygens (including phenoxy) is 1. The molecule has 1 atom stereocenters. The monoisotopic (exact) mass is 353 g/mol. The number of hydrogen-bond acceptors (Lipinski definition) is 3. The molecule has 0 aliphatic heterocycles. The lowest BCUT2D eigenvalue weighted by Crippen LogP contribution is -2.37. The van der Waals surface area contributed by atoms with Crippen LogP contribution in [-0.2, 0) is 14.3 Å². The van der Waals surface area contributed by atoms with E-state index in [4.69, 9.17) is 4.74 Å². The molecule has 0 unspecified atom stereocenters. The van der Waals surface area contributed by atoms with Crippen molar-refractivity contribution in [3.63, 3.8) is 0 Å². The van der Waals surface area contributed by atoms with Crippen molar-refractivity contribution in [2.75, 3.05) is 6.54 Å². The average Bonchev–Trinajstić information content (AvgIpc) is 2.43. The van der Waals surface area contributed by atoms with Crippen LogP contribution in [0.15, 0.2) is 34.8 Å². The Labute approximate surface area is 133 Å². The summed E-state index contributed by atoms with van der Waals surface area (Å²) in [6.07, 6.45) is 2.15. The van der Waals surface area contributed by atoms with Crippen LogP contribution in [0, 0.1) is 5.92 Å². The van der Waals surface area contributed by atoms with Crippen LogP contribution < -0.4 is 5.32 Å². The van der Waals surface area contributed by atoms with Gasteiger partial charge in [0, 0.05) is 17.1 Å². The van der Waals surface area contributed by atoms with Gasteiger partial charge in [0.05, 0.1) is 0 Å². The Kier molecular flexibility index (Phi) is 7.15.